The molecule has 0 spiro atoms. The van der Waals surface area contributed by atoms with Crippen LogP contribution in [0.5, 0.6) is 0 Å². The van der Waals surface area contributed by atoms with Gasteiger partial charge in [0.15, 0.2) is 0 Å². The van der Waals surface area contributed by atoms with Crippen molar-refractivity contribution in [2.45, 2.75) is 24.8 Å². The van der Waals surface area contributed by atoms with E-state index in [0.29, 0.717) is 18.9 Å². The van der Waals surface area contributed by atoms with Gasteiger partial charge in [-0.2, -0.15) is 5.26 Å². The molecule has 7 heteroatoms. The smallest absolute Gasteiger partial charge is 0.116 e. The number of rotatable bonds is 12. The van der Waals surface area contributed by atoms with Gasteiger partial charge in [-0.3, -0.25) is 4.90 Å². The number of anilines is 1. The van der Waals surface area contributed by atoms with E-state index in [1.54, 1.807) is 8.93 Å². The Hall–Kier alpha value is -2.38. The van der Waals surface area contributed by atoms with E-state index < -0.39 is 0 Å². The minimum Gasteiger partial charge on any atom is -0.362 e. The normalized spacial score (nSPS) is 17.6. The SMILES string of the molecule is N#Cc1cc(NCOCCSI)c(C=N)cc1C1(Cc2ccccc2)CCN(Cc2ccccc2)C1. The number of hydrogen-bond donors (Lipinski definition) is 2. The van der Waals surface area contributed by atoms with E-state index in [2.05, 4.69) is 92.1 Å². The molecule has 1 saturated heterocycles. The summed E-state index contributed by atoms with van der Waals surface area (Å²) in [6.07, 6.45) is 3.19. The molecular formula is C29H31IN4OS. The molecule has 36 heavy (non-hydrogen) atoms. The Balaban J connectivity index is 1.65. The van der Waals surface area contributed by atoms with Crippen molar-refractivity contribution in [3.05, 3.63) is 101 Å². The van der Waals surface area contributed by atoms with Crippen LogP contribution in [0, 0.1) is 16.7 Å². The third kappa shape index (κ3) is 6.68. The highest BCUT2D eigenvalue weighted by atomic mass is 127. The maximum absolute atomic E-state index is 10.2. The van der Waals surface area contributed by atoms with Gasteiger partial charge in [0.2, 0.25) is 0 Å². The van der Waals surface area contributed by atoms with Crippen molar-refractivity contribution in [1.29, 1.82) is 10.7 Å². The van der Waals surface area contributed by atoms with E-state index in [4.69, 9.17) is 10.1 Å². The average molecular weight is 611 g/mol. The molecule has 1 heterocycles. The zero-order valence-corrected chi connectivity index (χ0v) is 23.2. The van der Waals surface area contributed by atoms with Crippen LogP contribution >= 0.6 is 30.1 Å². The maximum atomic E-state index is 10.2. The Morgan fingerprint density at radius 1 is 1.11 bits per heavy atom. The molecule has 3 aromatic carbocycles. The molecule has 3 aromatic rings. The van der Waals surface area contributed by atoms with Crippen LogP contribution in [0.15, 0.2) is 72.8 Å². The molecule has 1 aliphatic heterocycles. The number of likely N-dealkylation sites (tertiary alicyclic amines) is 1. The highest BCUT2D eigenvalue weighted by Crippen LogP contribution is 2.41. The number of nitriles is 1. The van der Waals surface area contributed by atoms with Gasteiger partial charge in [0.05, 0.1) is 18.2 Å². The van der Waals surface area contributed by atoms with Crippen molar-refractivity contribution in [3.8, 4) is 6.07 Å². The van der Waals surface area contributed by atoms with Gasteiger partial charge in [-0.25, -0.2) is 0 Å². The number of hydrogen-bond acceptors (Lipinski definition) is 6. The third-order valence-electron chi connectivity index (χ3n) is 6.77. The second-order valence-electron chi connectivity index (χ2n) is 9.17. The molecule has 1 atom stereocenters. The number of ether oxygens (including phenoxy) is 1. The Morgan fingerprint density at radius 2 is 1.83 bits per heavy atom. The predicted molar refractivity (Wildman–Crippen MR) is 158 cm³/mol. The summed E-state index contributed by atoms with van der Waals surface area (Å²) in [5, 5.41) is 21.6. The first-order valence-electron chi connectivity index (χ1n) is 12.1. The molecule has 1 unspecified atom stereocenters. The molecule has 0 aromatic heterocycles. The van der Waals surface area contributed by atoms with Gasteiger partial charge in [0.25, 0.3) is 0 Å². The standard InChI is InChI=1S/C29H31IN4OS/c30-36-14-13-35-22-33-28-16-25(18-31)27(15-26(28)19-32)29(17-23-7-3-1-4-8-23)11-12-34(21-29)20-24-9-5-2-6-10-24/h1-10,15-16,19,32-33H,11-14,17,20-22H2. The predicted octanol–water partition coefficient (Wildman–Crippen LogP) is 6.41. The Morgan fingerprint density at radius 3 is 2.50 bits per heavy atom. The first-order valence-corrected chi connectivity index (χ1v) is 15.6. The molecule has 2 N–H and O–H groups in total. The fourth-order valence-corrected chi connectivity index (χ4v) is 5.81. The second kappa shape index (κ2) is 13.2. The lowest BCUT2D eigenvalue weighted by molar-refractivity contribution is 0.169. The van der Waals surface area contributed by atoms with E-state index in [1.165, 1.54) is 17.3 Å². The van der Waals surface area contributed by atoms with E-state index in [9.17, 15) is 5.26 Å². The minimum atomic E-state index is -0.203. The van der Waals surface area contributed by atoms with Crippen molar-refractivity contribution in [2.24, 2.45) is 0 Å². The minimum absolute atomic E-state index is 0.203. The van der Waals surface area contributed by atoms with Gasteiger partial charge < -0.3 is 15.5 Å². The van der Waals surface area contributed by atoms with Crippen LogP contribution in [0.4, 0.5) is 5.69 Å². The summed E-state index contributed by atoms with van der Waals surface area (Å²) in [4.78, 5) is 2.49. The molecule has 0 saturated carbocycles. The van der Waals surface area contributed by atoms with E-state index in [0.717, 1.165) is 55.0 Å². The van der Waals surface area contributed by atoms with Crippen LogP contribution in [0.3, 0.4) is 0 Å². The van der Waals surface area contributed by atoms with Crippen LogP contribution in [0.25, 0.3) is 0 Å². The van der Waals surface area contributed by atoms with Gasteiger partial charge in [-0.1, -0.05) is 69.6 Å². The largest absolute Gasteiger partial charge is 0.362 e. The van der Waals surface area contributed by atoms with E-state index in [-0.39, 0.29) is 5.41 Å². The molecule has 0 aliphatic carbocycles. The van der Waals surface area contributed by atoms with Crippen LogP contribution in [0.1, 0.15) is 34.2 Å². The summed E-state index contributed by atoms with van der Waals surface area (Å²) >= 11 is 2.26. The topological polar surface area (TPSA) is 72.1 Å². The first-order chi connectivity index (χ1) is 17.7. The molecular weight excluding hydrogens is 579 g/mol. The highest BCUT2D eigenvalue weighted by Gasteiger charge is 2.41. The van der Waals surface area contributed by atoms with E-state index >= 15 is 0 Å². The molecule has 4 rings (SSSR count). The molecule has 0 amide bonds. The lowest BCUT2D eigenvalue weighted by Gasteiger charge is -2.32. The molecule has 1 fully saturated rings. The molecule has 1 aliphatic rings. The van der Waals surface area contributed by atoms with E-state index in [1.807, 2.05) is 18.2 Å². The number of nitrogens with zero attached hydrogens (tertiary/aromatic N) is 2. The molecule has 186 valence electrons. The zero-order chi connectivity index (χ0) is 25.2. The summed E-state index contributed by atoms with van der Waals surface area (Å²) < 4.78 is 5.65. The van der Waals surface area contributed by atoms with Crippen molar-refractivity contribution in [2.75, 3.05) is 37.5 Å². The van der Waals surface area contributed by atoms with Crippen LogP contribution in [0.2, 0.25) is 0 Å². The van der Waals surface area contributed by atoms with Crippen molar-refractivity contribution < 1.29 is 4.74 Å². The lowest BCUT2D eigenvalue weighted by Crippen LogP contribution is -2.34. The fourth-order valence-electron chi connectivity index (χ4n) is 5.09. The summed E-state index contributed by atoms with van der Waals surface area (Å²) in [7, 11) is 1.71. The highest BCUT2D eigenvalue weighted by molar-refractivity contribution is 14.2. The quantitative estimate of drug-likeness (QED) is 0.107. The first kappa shape index (κ1) is 26.7. The Kier molecular flexibility index (Phi) is 9.82. The Bertz CT molecular complexity index is 1190. The van der Waals surface area contributed by atoms with Crippen LogP contribution in [-0.2, 0) is 23.1 Å². The number of benzene rings is 3. The maximum Gasteiger partial charge on any atom is 0.116 e. The van der Waals surface area contributed by atoms with Crippen LogP contribution in [-0.4, -0.2) is 43.3 Å². The summed E-state index contributed by atoms with van der Waals surface area (Å²) in [5.74, 6) is 0.920. The molecule has 0 bridgehead atoms. The van der Waals surface area contributed by atoms with Crippen LogP contribution < -0.4 is 5.32 Å². The van der Waals surface area contributed by atoms with Gasteiger partial charge in [0, 0.05) is 41.7 Å². The fraction of sp³-hybridized carbons (Fsp3) is 0.310. The van der Waals surface area contributed by atoms with Gasteiger partial charge in [0.1, 0.15) is 6.73 Å². The lowest BCUT2D eigenvalue weighted by atomic mass is 9.72. The van der Waals surface area contributed by atoms with Gasteiger partial charge in [-0.05, 0) is 69.4 Å². The summed E-state index contributed by atoms with van der Waals surface area (Å²) in [6.45, 7) is 3.73. The monoisotopic (exact) mass is 610 g/mol. The number of halogens is 1. The van der Waals surface area contributed by atoms with Gasteiger partial charge >= 0.3 is 0 Å². The number of nitrogens with one attached hydrogen (secondary N) is 2. The Labute approximate surface area is 230 Å². The molecule has 5 nitrogen and oxygen atoms in total. The van der Waals surface area contributed by atoms with Crippen molar-refractivity contribution in [3.63, 3.8) is 0 Å². The zero-order valence-electron chi connectivity index (χ0n) is 20.3. The van der Waals surface area contributed by atoms with Gasteiger partial charge in [-0.15, -0.1) is 0 Å². The molecule has 0 radical (unpaired) electrons. The average Bonchev–Trinajstić information content (AvgIpc) is 3.32. The summed E-state index contributed by atoms with van der Waals surface area (Å²) in [6, 6.07) is 27.6. The summed E-state index contributed by atoms with van der Waals surface area (Å²) in [5.41, 5.74) is 5.62. The second-order valence-corrected chi connectivity index (χ2v) is 11.7. The third-order valence-corrected chi connectivity index (χ3v) is 8.42. The van der Waals surface area contributed by atoms with Crippen molar-refractivity contribution in [1.82, 2.24) is 4.90 Å². The van der Waals surface area contributed by atoms with Crippen molar-refractivity contribution >= 4 is 42.0 Å².